The molecule has 2 N–H and O–H groups in total. The van der Waals surface area contributed by atoms with Crippen LogP contribution in [0.1, 0.15) is 22.8 Å². The van der Waals surface area contributed by atoms with Gasteiger partial charge in [-0.25, -0.2) is 14.8 Å². The number of hydrogen-bond acceptors (Lipinski definition) is 7. The highest BCUT2D eigenvalue weighted by atomic mass is 16.5. The smallest absolute Gasteiger partial charge is 0.340 e. The predicted octanol–water partition coefficient (Wildman–Crippen LogP) is 4.02. The average Bonchev–Trinajstić information content (AvgIpc) is 2.73. The van der Waals surface area contributed by atoms with Gasteiger partial charge in [0.2, 0.25) is 0 Å². The first-order valence-electron chi connectivity index (χ1n) is 8.92. The van der Waals surface area contributed by atoms with Crippen molar-refractivity contribution < 1.29 is 14.3 Å². The Morgan fingerprint density at radius 2 is 1.79 bits per heavy atom. The summed E-state index contributed by atoms with van der Waals surface area (Å²) in [6.07, 6.45) is 1.46. The Balaban J connectivity index is 1.73. The zero-order valence-electron chi connectivity index (χ0n) is 15.8. The highest BCUT2D eigenvalue weighted by molar-refractivity contribution is 5.96. The Morgan fingerprint density at radius 3 is 2.61 bits per heavy atom. The van der Waals surface area contributed by atoms with E-state index in [1.165, 1.54) is 6.33 Å². The zero-order valence-corrected chi connectivity index (χ0v) is 15.8. The summed E-state index contributed by atoms with van der Waals surface area (Å²) in [5.74, 6) is 1.64. The predicted molar refractivity (Wildman–Crippen MR) is 108 cm³/mol. The SMILES string of the molecule is CCOC(=O)c1ccccc1Nc1cc(NCc2ccccc2OC)ncn1. The molecule has 0 amide bonds. The van der Waals surface area contributed by atoms with Crippen LogP contribution in [0.2, 0.25) is 0 Å². The lowest BCUT2D eigenvalue weighted by molar-refractivity contribution is 0.0527. The second-order valence-corrected chi connectivity index (χ2v) is 5.84. The van der Waals surface area contributed by atoms with Crippen molar-refractivity contribution in [1.82, 2.24) is 9.97 Å². The molecular weight excluding hydrogens is 356 g/mol. The lowest BCUT2D eigenvalue weighted by Gasteiger charge is -2.12. The van der Waals surface area contributed by atoms with Gasteiger partial charge in [-0.15, -0.1) is 0 Å². The van der Waals surface area contributed by atoms with Gasteiger partial charge in [-0.05, 0) is 25.1 Å². The van der Waals surface area contributed by atoms with E-state index in [2.05, 4.69) is 20.6 Å². The van der Waals surface area contributed by atoms with Crippen LogP contribution in [-0.4, -0.2) is 29.7 Å². The number of benzene rings is 2. The maximum Gasteiger partial charge on any atom is 0.340 e. The third-order valence-electron chi connectivity index (χ3n) is 4.00. The Hall–Kier alpha value is -3.61. The fraction of sp³-hybridized carbons (Fsp3) is 0.190. The number of esters is 1. The first-order chi connectivity index (χ1) is 13.7. The molecule has 0 atom stereocenters. The number of carbonyl (C=O) groups excluding carboxylic acids is 1. The summed E-state index contributed by atoms with van der Waals surface area (Å²) in [5, 5.41) is 6.41. The Kier molecular flexibility index (Phi) is 6.41. The van der Waals surface area contributed by atoms with Crippen molar-refractivity contribution in [2.45, 2.75) is 13.5 Å². The van der Waals surface area contributed by atoms with Crippen LogP contribution in [0.5, 0.6) is 5.75 Å². The quantitative estimate of drug-likeness (QED) is 0.573. The summed E-state index contributed by atoms with van der Waals surface area (Å²) in [4.78, 5) is 20.6. The van der Waals surface area contributed by atoms with Gasteiger partial charge in [0.15, 0.2) is 0 Å². The van der Waals surface area contributed by atoms with Gasteiger partial charge in [0, 0.05) is 18.2 Å². The number of nitrogens with one attached hydrogen (secondary N) is 2. The number of aromatic nitrogens is 2. The molecule has 0 saturated carbocycles. The van der Waals surface area contributed by atoms with E-state index >= 15 is 0 Å². The zero-order chi connectivity index (χ0) is 19.8. The van der Waals surface area contributed by atoms with Crippen LogP contribution in [0.15, 0.2) is 60.9 Å². The summed E-state index contributed by atoms with van der Waals surface area (Å²) in [7, 11) is 1.65. The van der Waals surface area contributed by atoms with Crippen molar-refractivity contribution >= 4 is 23.3 Å². The van der Waals surface area contributed by atoms with Crippen molar-refractivity contribution in [1.29, 1.82) is 0 Å². The minimum absolute atomic E-state index is 0.317. The molecule has 3 rings (SSSR count). The monoisotopic (exact) mass is 378 g/mol. The van der Waals surface area contributed by atoms with Gasteiger partial charge in [0.1, 0.15) is 23.7 Å². The summed E-state index contributed by atoms with van der Waals surface area (Å²) in [5.41, 5.74) is 2.09. The molecule has 0 aliphatic heterocycles. The van der Waals surface area contributed by atoms with E-state index in [-0.39, 0.29) is 5.97 Å². The molecule has 0 saturated heterocycles. The normalized spacial score (nSPS) is 10.2. The summed E-state index contributed by atoms with van der Waals surface area (Å²) >= 11 is 0. The first-order valence-corrected chi connectivity index (χ1v) is 8.92. The summed E-state index contributed by atoms with van der Waals surface area (Å²) in [6.45, 7) is 2.65. The van der Waals surface area contributed by atoms with Gasteiger partial charge in [-0.3, -0.25) is 0 Å². The minimum atomic E-state index is -0.380. The molecule has 0 bridgehead atoms. The fourth-order valence-corrected chi connectivity index (χ4v) is 2.67. The number of nitrogens with zero attached hydrogens (tertiary/aromatic N) is 2. The molecule has 1 heterocycles. The van der Waals surface area contributed by atoms with E-state index in [9.17, 15) is 4.79 Å². The van der Waals surface area contributed by atoms with Crippen LogP contribution in [0.3, 0.4) is 0 Å². The van der Waals surface area contributed by atoms with E-state index in [1.54, 1.807) is 38.3 Å². The molecule has 0 unspecified atom stereocenters. The van der Waals surface area contributed by atoms with Gasteiger partial charge in [0.05, 0.1) is 25.0 Å². The maximum atomic E-state index is 12.1. The lowest BCUT2D eigenvalue weighted by Crippen LogP contribution is -2.08. The minimum Gasteiger partial charge on any atom is -0.496 e. The molecule has 144 valence electrons. The van der Waals surface area contributed by atoms with Crippen molar-refractivity contribution in [2.24, 2.45) is 0 Å². The number of ether oxygens (including phenoxy) is 2. The number of carbonyl (C=O) groups is 1. The molecule has 3 aromatic rings. The van der Waals surface area contributed by atoms with Gasteiger partial charge in [-0.1, -0.05) is 30.3 Å². The molecular formula is C21H22N4O3. The maximum absolute atomic E-state index is 12.1. The highest BCUT2D eigenvalue weighted by Crippen LogP contribution is 2.22. The van der Waals surface area contributed by atoms with E-state index in [0.717, 1.165) is 11.3 Å². The second-order valence-electron chi connectivity index (χ2n) is 5.84. The summed E-state index contributed by atoms with van der Waals surface area (Å²) < 4.78 is 10.5. The molecule has 0 aliphatic carbocycles. The van der Waals surface area contributed by atoms with Crippen molar-refractivity contribution in [3.63, 3.8) is 0 Å². The van der Waals surface area contributed by atoms with E-state index in [0.29, 0.717) is 36.0 Å². The van der Waals surface area contributed by atoms with Gasteiger partial charge < -0.3 is 20.1 Å². The van der Waals surface area contributed by atoms with E-state index in [1.807, 2.05) is 30.3 Å². The molecule has 0 fully saturated rings. The Labute approximate surface area is 163 Å². The Bertz CT molecular complexity index is 946. The van der Waals surface area contributed by atoms with Gasteiger partial charge >= 0.3 is 5.97 Å². The van der Waals surface area contributed by atoms with Crippen molar-refractivity contribution in [2.75, 3.05) is 24.4 Å². The van der Waals surface area contributed by atoms with E-state index < -0.39 is 0 Å². The number of methoxy groups -OCH3 is 1. The van der Waals surface area contributed by atoms with Gasteiger partial charge in [-0.2, -0.15) is 0 Å². The van der Waals surface area contributed by atoms with Crippen LogP contribution >= 0.6 is 0 Å². The van der Waals surface area contributed by atoms with Crippen LogP contribution in [0.4, 0.5) is 17.3 Å². The van der Waals surface area contributed by atoms with Crippen molar-refractivity contribution in [3.05, 3.63) is 72.1 Å². The number of rotatable bonds is 8. The van der Waals surface area contributed by atoms with E-state index in [4.69, 9.17) is 9.47 Å². The lowest BCUT2D eigenvalue weighted by atomic mass is 10.2. The Morgan fingerprint density at radius 1 is 1.04 bits per heavy atom. The van der Waals surface area contributed by atoms with Crippen molar-refractivity contribution in [3.8, 4) is 5.75 Å². The molecule has 7 nitrogen and oxygen atoms in total. The fourth-order valence-electron chi connectivity index (χ4n) is 2.67. The molecule has 0 spiro atoms. The molecule has 7 heteroatoms. The van der Waals surface area contributed by atoms with Crippen LogP contribution in [0, 0.1) is 0 Å². The molecule has 0 radical (unpaired) electrons. The number of hydrogen-bond donors (Lipinski definition) is 2. The molecule has 1 aromatic heterocycles. The number of anilines is 3. The first kappa shape index (κ1) is 19.2. The van der Waals surface area contributed by atoms with Crippen LogP contribution in [0.25, 0.3) is 0 Å². The highest BCUT2D eigenvalue weighted by Gasteiger charge is 2.12. The van der Waals surface area contributed by atoms with Crippen LogP contribution in [-0.2, 0) is 11.3 Å². The standard InChI is InChI=1S/C21H22N4O3/c1-3-28-21(26)16-9-5-6-10-17(16)25-20-12-19(23-14-24-20)22-13-15-8-4-7-11-18(15)27-2/h4-12,14H,3,13H2,1-2H3,(H2,22,23,24,25). The molecule has 28 heavy (non-hydrogen) atoms. The molecule has 2 aromatic carbocycles. The summed E-state index contributed by atoms with van der Waals surface area (Å²) in [6, 6.07) is 16.7. The largest absolute Gasteiger partial charge is 0.496 e. The third-order valence-corrected chi connectivity index (χ3v) is 4.00. The number of para-hydroxylation sites is 2. The van der Waals surface area contributed by atoms with Crippen LogP contribution < -0.4 is 15.4 Å². The average molecular weight is 378 g/mol. The third kappa shape index (κ3) is 4.76. The van der Waals surface area contributed by atoms with Gasteiger partial charge in [0.25, 0.3) is 0 Å². The topological polar surface area (TPSA) is 85.4 Å². The molecule has 0 aliphatic rings. The second kappa shape index (κ2) is 9.36.